The highest BCUT2D eigenvalue weighted by Gasteiger charge is 2.31. The lowest BCUT2D eigenvalue weighted by molar-refractivity contribution is -0.139. The van der Waals surface area contributed by atoms with Crippen LogP contribution in [0.5, 0.6) is 0 Å². The maximum absolute atomic E-state index is 12.5. The van der Waals surface area contributed by atoms with E-state index < -0.39 is 5.97 Å². The van der Waals surface area contributed by atoms with Gasteiger partial charge in [0, 0.05) is 23.8 Å². The van der Waals surface area contributed by atoms with Crippen molar-refractivity contribution in [3.05, 3.63) is 29.3 Å². The third-order valence-electron chi connectivity index (χ3n) is 4.97. The largest absolute Gasteiger partial charge is 0.468 e. The summed E-state index contributed by atoms with van der Waals surface area (Å²) < 4.78 is 4.50. The fourth-order valence-electron chi connectivity index (χ4n) is 3.34. The Morgan fingerprint density at radius 1 is 1.31 bits per heavy atom. The first-order valence-electron chi connectivity index (χ1n) is 8.72. The number of carbonyl (C=O) groups is 3. The number of hydrogen-bond acceptors (Lipinski definition) is 5. The Morgan fingerprint density at radius 3 is 2.73 bits per heavy atom. The number of nitrogens with zero attached hydrogens (tertiary/aromatic N) is 2. The molecular formula is C18H24N4O4. The number of nitrogens with one attached hydrogen (secondary N) is 2. The number of anilines is 1. The molecule has 0 spiro atoms. The van der Waals surface area contributed by atoms with E-state index in [2.05, 4.69) is 27.3 Å². The molecule has 1 fully saturated rings. The second-order valence-corrected chi connectivity index (χ2v) is 6.72. The van der Waals surface area contributed by atoms with Crippen LogP contribution in [-0.2, 0) is 16.1 Å². The number of carbonyl (C=O) groups excluding carboxylic acids is 3. The molecule has 2 aliphatic rings. The summed E-state index contributed by atoms with van der Waals surface area (Å²) in [5.74, 6) is -0.899. The van der Waals surface area contributed by atoms with Crippen LogP contribution in [0, 0.1) is 0 Å². The molecule has 0 aliphatic carbocycles. The molecule has 0 saturated carbocycles. The minimum atomic E-state index is -0.515. The topological polar surface area (TPSA) is 91.0 Å². The highest BCUT2D eigenvalue weighted by atomic mass is 16.5. The Balaban J connectivity index is 1.68. The lowest BCUT2D eigenvalue weighted by Crippen LogP contribution is -2.49. The fraction of sp³-hybridized carbons (Fsp3) is 0.500. The molecule has 26 heavy (non-hydrogen) atoms. The smallest absolute Gasteiger partial charge is 0.325 e. The first-order valence-corrected chi connectivity index (χ1v) is 8.72. The lowest BCUT2D eigenvalue weighted by Gasteiger charge is -2.39. The van der Waals surface area contributed by atoms with Crippen LogP contribution in [0.1, 0.15) is 28.8 Å². The molecule has 0 atom stereocenters. The number of esters is 1. The standard InChI is InChI=1S/C18H24N4O4/c1-21-7-5-14(6-8-21)22-11-13-4-3-12(9-15(13)20-18(22)25)17(24)19-10-16(23)26-2/h3-4,9,14H,5-8,10-11H2,1-2H3,(H,19,24)(H,20,25). The summed E-state index contributed by atoms with van der Waals surface area (Å²) in [6, 6.07) is 5.31. The molecule has 0 aromatic heterocycles. The zero-order valence-electron chi connectivity index (χ0n) is 15.1. The van der Waals surface area contributed by atoms with E-state index in [1.807, 2.05) is 11.0 Å². The third kappa shape index (κ3) is 3.96. The zero-order chi connectivity index (χ0) is 18.7. The van der Waals surface area contributed by atoms with Crippen LogP contribution in [0.25, 0.3) is 0 Å². The second-order valence-electron chi connectivity index (χ2n) is 6.72. The number of likely N-dealkylation sites (tertiary alicyclic amines) is 1. The fourth-order valence-corrected chi connectivity index (χ4v) is 3.34. The van der Waals surface area contributed by atoms with Crippen molar-refractivity contribution in [2.24, 2.45) is 0 Å². The molecule has 1 aromatic carbocycles. The summed E-state index contributed by atoms with van der Waals surface area (Å²) >= 11 is 0. The van der Waals surface area contributed by atoms with Crippen LogP contribution in [0.4, 0.5) is 10.5 Å². The van der Waals surface area contributed by atoms with Crippen molar-refractivity contribution in [1.29, 1.82) is 0 Å². The van der Waals surface area contributed by atoms with Gasteiger partial charge in [0.1, 0.15) is 6.54 Å². The third-order valence-corrected chi connectivity index (χ3v) is 4.97. The van der Waals surface area contributed by atoms with E-state index in [4.69, 9.17) is 0 Å². The van der Waals surface area contributed by atoms with Gasteiger partial charge in [0.25, 0.3) is 5.91 Å². The molecule has 0 bridgehead atoms. The van der Waals surface area contributed by atoms with Gasteiger partial charge in [-0.3, -0.25) is 9.59 Å². The van der Waals surface area contributed by atoms with Gasteiger partial charge in [0.2, 0.25) is 0 Å². The Kier molecular flexibility index (Phi) is 5.41. The summed E-state index contributed by atoms with van der Waals surface area (Å²) in [4.78, 5) is 39.9. The van der Waals surface area contributed by atoms with Gasteiger partial charge < -0.3 is 25.2 Å². The quantitative estimate of drug-likeness (QED) is 0.783. The van der Waals surface area contributed by atoms with Crippen molar-refractivity contribution in [1.82, 2.24) is 15.1 Å². The summed E-state index contributed by atoms with van der Waals surface area (Å²) in [5, 5.41) is 5.38. The van der Waals surface area contributed by atoms with E-state index in [1.54, 1.807) is 12.1 Å². The average molecular weight is 360 g/mol. The molecule has 1 saturated heterocycles. The lowest BCUT2D eigenvalue weighted by atomic mass is 10.0. The number of hydrogen-bond donors (Lipinski definition) is 2. The van der Waals surface area contributed by atoms with Crippen LogP contribution in [-0.4, -0.2) is 67.5 Å². The Bertz CT molecular complexity index is 713. The Hall–Kier alpha value is -2.61. The van der Waals surface area contributed by atoms with Crippen molar-refractivity contribution >= 4 is 23.6 Å². The first-order chi connectivity index (χ1) is 12.5. The van der Waals surface area contributed by atoms with E-state index in [1.165, 1.54) is 7.11 Å². The number of rotatable bonds is 4. The average Bonchev–Trinajstić information content (AvgIpc) is 2.65. The van der Waals surface area contributed by atoms with Crippen molar-refractivity contribution in [2.45, 2.75) is 25.4 Å². The van der Waals surface area contributed by atoms with E-state index in [0.29, 0.717) is 17.8 Å². The number of fused-ring (bicyclic) bond motifs is 1. The molecule has 1 aromatic rings. The predicted octanol–water partition coefficient (Wildman–Crippen LogP) is 1.03. The van der Waals surface area contributed by atoms with E-state index in [9.17, 15) is 14.4 Å². The normalized spacial score (nSPS) is 18.1. The van der Waals surface area contributed by atoms with Crippen LogP contribution in [0.3, 0.4) is 0 Å². The molecule has 140 valence electrons. The molecule has 3 amide bonds. The minimum Gasteiger partial charge on any atom is -0.468 e. The van der Waals surface area contributed by atoms with E-state index >= 15 is 0 Å². The van der Waals surface area contributed by atoms with Gasteiger partial charge >= 0.3 is 12.0 Å². The van der Waals surface area contributed by atoms with Crippen molar-refractivity contribution in [3.63, 3.8) is 0 Å². The zero-order valence-corrected chi connectivity index (χ0v) is 15.1. The monoisotopic (exact) mass is 360 g/mol. The molecule has 2 N–H and O–H groups in total. The first kappa shape index (κ1) is 18.2. The summed E-state index contributed by atoms with van der Waals surface area (Å²) in [6.07, 6.45) is 1.93. The van der Waals surface area contributed by atoms with Gasteiger partial charge in [0.15, 0.2) is 0 Å². The Labute approximate surface area is 152 Å². The van der Waals surface area contributed by atoms with Crippen LogP contribution in [0.2, 0.25) is 0 Å². The van der Waals surface area contributed by atoms with Gasteiger partial charge in [-0.05, 0) is 50.7 Å². The highest BCUT2D eigenvalue weighted by molar-refractivity contribution is 5.99. The number of methoxy groups -OCH3 is 1. The minimum absolute atomic E-state index is 0.126. The van der Waals surface area contributed by atoms with Crippen LogP contribution >= 0.6 is 0 Å². The number of piperidine rings is 1. The Morgan fingerprint density at radius 2 is 2.04 bits per heavy atom. The number of urea groups is 1. The summed E-state index contributed by atoms with van der Waals surface area (Å²) in [5.41, 5.74) is 2.01. The molecule has 8 nitrogen and oxygen atoms in total. The van der Waals surface area contributed by atoms with E-state index in [-0.39, 0.29) is 24.5 Å². The maximum Gasteiger partial charge on any atom is 0.325 e. The maximum atomic E-state index is 12.5. The van der Waals surface area contributed by atoms with Crippen LogP contribution < -0.4 is 10.6 Å². The summed E-state index contributed by atoms with van der Waals surface area (Å²) in [6.45, 7) is 2.32. The van der Waals surface area contributed by atoms with Gasteiger partial charge in [-0.1, -0.05) is 6.07 Å². The predicted molar refractivity (Wildman–Crippen MR) is 95.9 cm³/mol. The number of amides is 3. The molecule has 2 aliphatic heterocycles. The van der Waals surface area contributed by atoms with Gasteiger partial charge in [-0.25, -0.2) is 4.79 Å². The molecule has 0 radical (unpaired) electrons. The van der Waals surface area contributed by atoms with Gasteiger partial charge in [-0.15, -0.1) is 0 Å². The highest BCUT2D eigenvalue weighted by Crippen LogP contribution is 2.28. The van der Waals surface area contributed by atoms with Gasteiger partial charge in [0.05, 0.1) is 7.11 Å². The number of benzene rings is 1. The SMILES string of the molecule is COC(=O)CNC(=O)c1ccc2c(c1)NC(=O)N(C1CCN(C)CC1)C2. The van der Waals surface area contributed by atoms with Crippen molar-refractivity contribution in [3.8, 4) is 0 Å². The second kappa shape index (κ2) is 7.74. The van der Waals surface area contributed by atoms with Crippen molar-refractivity contribution in [2.75, 3.05) is 39.1 Å². The molecule has 3 rings (SSSR count). The number of ether oxygens (including phenoxy) is 1. The molecular weight excluding hydrogens is 336 g/mol. The van der Waals surface area contributed by atoms with Crippen molar-refractivity contribution < 1.29 is 19.1 Å². The summed E-state index contributed by atoms with van der Waals surface area (Å²) in [7, 11) is 3.35. The van der Waals surface area contributed by atoms with E-state index in [0.717, 1.165) is 31.5 Å². The molecule has 8 heteroatoms. The molecule has 0 unspecified atom stereocenters. The van der Waals surface area contributed by atoms with Crippen LogP contribution in [0.15, 0.2) is 18.2 Å². The molecule has 2 heterocycles. The van der Waals surface area contributed by atoms with Gasteiger partial charge in [-0.2, -0.15) is 0 Å².